The Labute approximate surface area is 235 Å². The van der Waals surface area contributed by atoms with Crippen LogP contribution >= 0.6 is 0 Å². The van der Waals surface area contributed by atoms with Crippen molar-refractivity contribution in [3.63, 3.8) is 0 Å². The van der Waals surface area contributed by atoms with Gasteiger partial charge >= 0.3 is 5.97 Å². The van der Waals surface area contributed by atoms with Crippen molar-refractivity contribution in [1.29, 1.82) is 0 Å². The van der Waals surface area contributed by atoms with E-state index in [9.17, 15) is 4.79 Å². The first-order valence-electron chi connectivity index (χ1n) is 13.9. The zero-order valence-corrected chi connectivity index (χ0v) is 23.6. The highest BCUT2D eigenvalue weighted by molar-refractivity contribution is 5.85. The number of methoxy groups -OCH3 is 2. The van der Waals surface area contributed by atoms with Crippen molar-refractivity contribution in [3.8, 4) is 22.6 Å². The molecule has 6 heteroatoms. The third-order valence-electron chi connectivity index (χ3n) is 8.27. The fourth-order valence-electron chi connectivity index (χ4n) is 5.79. The molecule has 0 radical (unpaired) electrons. The van der Waals surface area contributed by atoms with Gasteiger partial charge in [0.2, 0.25) is 0 Å². The number of hydrogen-bond donors (Lipinski definition) is 0. The van der Waals surface area contributed by atoms with Crippen LogP contribution in [0.4, 0.5) is 8.78 Å². The normalized spacial score (nSPS) is 16.8. The van der Waals surface area contributed by atoms with E-state index < -0.39 is 11.6 Å². The molecule has 0 heterocycles. The van der Waals surface area contributed by atoms with Crippen LogP contribution in [0.2, 0.25) is 0 Å². The minimum atomic E-state index is -0.463. The summed E-state index contributed by atoms with van der Waals surface area (Å²) < 4.78 is 47.0. The quantitative estimate of drug-likeness (QED) is 0.239. The standard InChI is InChI=1S/C34H36F2O4/c1-34(2)14-6-9-30(34)28-16-23(32(36)18-27(28)29-17-24(38-3)12-13-31(29)35)20-40-25-8-5-7-22(15-25)26(21-10-11-21)19-33(37)39-4/h5,7-9,12-13,15-18,21,26H,6,10-11,14,19-20H2,1-4H3. The molecule has 1 saturated carbocycles. The molecule has 0 amide bonds. The van der Waals surface area contributed by atoms with Crippen LogP contribution in [0.25, 0.3) is 16.7 Å². The van der Waals surface area contributed by atoms with Gasteiger partial charge in [-0.15, -0.1) is 0 Å². The molecule has 0 saturated heterocycles. The second-order valence-electron chi connectivity index (χ2n) is 11.5. The number of carbonyl (C=O) groups excluding carboxylic acids is 1. The van der Waals surface area contributed by atoms with Gasteiger partial charge in [-0.1, -0.05) is 32.1 Å². The molecule has 0 bridgehead atoms. The molecular weight excluding hydrogens is 510 g/mol. The van der Waals surface area contributed by atoms with Crippen molar-refractivity contribution >= 4 is 11.5 Å². The minimum Gasteiger partial charge on any atom is -0.497 e. The van der Waals surface area contributed by atoms with Crippen molar-refractivity contribution < 1.29 is 27.8 Å². The summed E-state index contributed by atoms with van der Waals surface area (Å²) in [4.78, 5) is 12.0. The topological polar surface area (TPSA) is 44.8 Å². The Morgan fingerprint density at radius 2 is 1.75 bits per heavy atom. The molecule has 210 valence electrons. The summed E-state index contributed by atoms with van der Waals surface area (Å²) in [5.41, 5.74) is 3.95. The fraction of sp³-hybridized carbons (Fsp3) is 0.382. The van der Waals surface area contributed by atoms with Crippen LogP contribution in [-0.2, 0) is 16.1 Å². The number of ether oxygens (including phenoxy) is 3. The maximum absolute atomic E-state index is 15.6. The van der Waals surface area contributed by atoms with E-state index in [0.29, 0.717) is 40.5 Å². The lowest BCUT2D eigenvalue weighted by Gasteiger charge is -2.26. The van der Waals surface area contributed by atoms with Gasteiger partial charge in [0.25, 0.3) is 0 Å². The summed E-state index contributed by atoms with van der Waals surface area (Å²) in [6, 6.07) is 15.4. The van der Waals surface area contributed by atoms with E-state index in [-0.39, 0.29) is 23.9 Å². The number of carbonyl (C=O) groups is 1. The molecule has 1 fully saturated rings. The highest BCUT2D eigenvalue weighted by atomic mass is 19.1. The SMILES string of the molecule is COC(=O)CC(c1cccc(OCc2cc(C3=CCCC3(C)C)c(-c3cc(OC)ccc3F)cc2F)c1)C1CC1. The summed E-state index contributed by atoms with van der Waals surface area (Å²) in [5, 5.41) is 0. The van der Waals surface area contributed by atoms with Crippen LogP contribution in [0.5, 0.6) is 11.5 Å². The highest BCUT2D eigenvalue weighted by Crippen LogP contribution is 2.48. The number of allylic oxidation sites excluding steroid dienone is 2. The maximum atomic E-state index is 15.6. The molecule has 3 aromatic carbocycles. The fourth-order valence-corrected chi connectivity index (χ4v) is 5.79. The zero-order valence-electron chi connectivity index (χ0n) is 23.6. The minimum absolute atomic E-state index is 0.0158. The summed E-state index contributed by atoms with van der Waals surface area (Å²) in [5.74, 6) is 0.527. The molecular formula is C34H36F2O4. The summed E-state index contributed by atoms with van der Waals surface area (Å²) in [6.45, 7) is 4.34. The van der Waals surface area contributed by atoms with E-state index in [1.807, 2.05) is 24.3 Å². The van der Waals surface area contributed by atoms with Gasteiger partial charge in [-0.2, -0.15) is 0 Å². The lowest BCUT2D eigenvalue weighted by atomic mass is 9.79. The van der Waals surface area contributed by atoms with E-state index in [0.717, 1.165) is 42.4 Å². The third kappa shape index (κ3) is 5.91. The van der Waals surface area contributed by atoms with Crippen molar-refractivity contribution in [2.75, 3.05) is 14.2 Å². The van der Waals surface area contributed by atoms with Crippen LogP contribution in [-0.4, -0.2) is 20.2 Å². The van der Waals surface area contributed by atoms with Gasteiger partial charge in [0.05, 0.1) is 20.6 Å². The molecule has 0 aromatic heterocycles. The van der Waals surface area contributed by atoms with Gasteiger partial charge in [0.1, 0.15) is 29.7 Å². The number of halogens is 2. The molecule has 1 unspecified atom stereocenters. The Morgan fingerprint density at radius 1 is 0.950 bits per heavy atom. The Bertz CT molecular complexity index is 1440. The van der Waals surface area contributed by atoms with Gasteiger partial charge < -0.3 is 14.2 Å². The Hall–Kier alpha value is -3.67. The van der Waals surface area contributed by atoms with Crippen LogP contribution in [0.3, 0.4) is 0 Å². The summed E-state index contributed by atoms with van der Waals surface area (Å²) in [7, 11) is 2.93. The molecule has 3 aromatic rings. The van der Waals surface area contributed by atoms with Gasteiger partial charge in [-0.05, 0) is 108 Å². The average molecular weight is 547 g/mol. The van der Waals surface area contributed by atoms with Crippen molar-refractivity contribution in [1.82, 2.24) is 0 Å². The molecule has 0 spiro atoms. The van der Waals surface area contributed by atoms with Crippen molar-refractivity contribution in [2.24, 2.45) is 11.3 Å². The number of benzene rings is 3. The highest BCUT2D eigenvalue weighted by Gasteiger charge is 2.34. The Balaban J connectivity index is 1.47. The summed E-state index contributed by atoms with van der Waals surface area (Å²) >= 11 is 0. The maximum Gasteiger partial charge on any atom is 0.306 e. The predicted molar refractivity (Wildman–Crippen MR) is 152 cm³/mol. The number of esters is 1. The van der Waals surface area contributed by atoms with E-state index in [1.54, 1.807) is 18.2 Å². The molecule has 1 atom stereocenters. The van der Waals surface area contributed by atoms with E-state index in [4.69, 9.17) is 14.2 Å². The summed E-state index contributed by atoms with van der Waals surface area (Å²) in [6.07, 6.45) is 6.55. The Morgan fingerprint density at radius 3 is 2.42 bits per heavy atom. The largest absolute Gasteiger partial charge is 0.497 e. The Kier molecular flexibility index (Phi) is 7.97. The van der Waals surface area contributed by atoms with Crippen LogP contribution in [0.1, 0.15) is 68.6 Å². The molecule has 40 heavy (non-hydrogen) atoms. The molecule has 2 aliphatic rings. The second kappa shape index (κ2) is 11.4. The molecule has 0 N–H and O–H groups in total. The van der Waals surface area contributed by atoms with Crippen molar-refractivity contribution in [2.45, 2.75) is 58.5 Å². The van der Waals surface area contributed by atoms with E-state index in [2.05, 4.69) is 19.9 Å². The number of hydrogen-bond acceptors (Lipinski definition) is 4. The van der Waals surface area contributed by atoms with E-state index in [1.165, 1.54) is 26.4 Å². The van der Waals surface area contributed by atoms with Gasteiger partial charge in [0, 0.05) is 11.1 Å². The molecule has 2 aliphatic carbocycles. The first-order valence-corrected chi connectivity index (χ1v) is 13.9. The van der Waals surface area contributed by atoms with Crippen LogP contribution < -0.4 is 9.47 Å². The first kappa shape index (κ1) is 27.9. The van der Waals surface area contributed by atoms with Gasteiger partial charge in [-0.25, -0.2) is 8.78 Å². The zero-order chi connectivity index (χ0) is 28.4. The van der Waals surface area contributed by atoms with E-state index >= 15 is 8.78 Å². The second-order valence-corrected chi connectivity index (χ2v) is 11.5. The van der Waals surface area contributed by atoms with Crippen molar-refractivity contribution in [3.05, 3.63) is 89.0 Å². The lowest BCUT2D eigenvalue weighted by molar-refractivity contribution is -0.141. The van der Waals surface area contributed by atoms with Gasteiger partial charge in [-0.3, -0.25) is 4.79 Å². The molecule has 0 aliphatic heterocycles. The lowest BCUT2D eigenvalue weighted by Crippen LogP contribution is -2.11. The molecule has 4 nitrogen and oxygen atoms in total. The first-order chi connectivity index (χ1) is 19.2. The monoisotopic (exact) mass is 546 g/mol. The third-order valence-corrected chi connectivity index (χ3v) is 8.27. The number of rotatable bonds is 10. The van der Waals surface area contributed by atoms with Crippen LogP contribution in [0.15, 0.2) is 60.7 Å². The predicted octanol–water partition coefficient (Wildman–Crippen LogP) is 8.48. The van der Waals surface area contributed by atoms with Crippen LogP contribution in [0, 0.1) is 23.0 Å². The van der Waals surface area contributed by atoms with Gasteiger partial charge in [0.15, 0.2) is 0 Å². The molecule has 5 rings (SSSR count). The smallest absolute Gasteiger partial charge is 0.306 e. The average Bonchev–Trinajstić information content (AvgIpc) is 3.73.